The monoisotopic (exact) mass is 312 g/mol. The zero-order valence-corrected chi connectivity index (χ0v) is 12.7. The Hall–Kier alpha value is -3.08. The lowest BCUT2D eigenvalue weighted by Crippen LogP contribution is -2.07. The van der Waals surface area contributed by atoms with Gasteiger partial charge >= 0.3 is 11.9 Å². The number of carbonyl (C=O) groups is 2. The first-order valence-electron chi connectivity index (χ1n) is 6.85. The number of hydrogen-bond acceptors (Lipinski definition) is 5. The van der Waals surface area contributed by atoms with Gasteiger partial charge in [-0.05, 0) is 35.4 Å². The van der Waals surface area contributed by atoms with Crippen molar-refractivity contribution in [3.05, 3.63) is 66.7 Å². The highest BCUT2D eigenvalue weighted by Crippen LogP contribution is 2.23. The lowest BCUT2D eigenvalue weighted by molar-refractivity contribution is -0.144. The maximum atomic E-state index is 11.4. The third-order valence-corrected chi connectivity index (χ3v) is 3.09. The van der Waals surface area contributed by atoms with Crippen LogP contribution >= 0.6 is 0 Å². The van der Waals surface area contributed by atoms with Crippen LogP contribution in [0.4, 0.5) is 0 Å². The molecule has 2 rings (SSSR count). The second-order valence-electron chi connectivity index (χ2n) is 4.52. The third kappa shape index (κ3) is 4.44. The van der Waals surface area contributed by atoms with Crippen molar-refractivity contribution in [1.82, 2.24) is 0 Å². The number of benzene rings is 2. The fourth-order valence-corrected chi connectivity index (χ4v) is 1.87. The number of carbonyl (C=O) groups excluding carboxylic acids is 2. The number of hydrogen-bond donors (Lipinski definition) is 0. The lowest BCUT2D eigenvalue weighted by Gasteiger charge is -2.07. The number of rotatable bonds is 6. The summed E-state index contributed by atoms with van der Waals surface area (Å²) in [5.74, 6) is -0.321. The predicted molar refractivity (Wildman–Crippen MR) is 85.0 cm³/mol. The summed E-state index contributed by atoms with van der Waals surface area (Å²) in [5.41, 5.74) is 2.43. The van der Waals surface area contributed by atoms with E-state index in [9.17, 15) is 9.59 Å². The smallest absolute Gasteiger partial charge is 0.337 e. The van der Waals surface area contributed by atoms with Crippen LogP contribution in [0, 0.1) is 0 Å². The molecule has 0 N–H and O–H groups in total. The molecule has 0 bridgehead atoms. The largest absolute Gasteiger partial charge is 0.465 e. The summed E-state index contributed by atoms with van der Waals surface area (Å²) in [5, 5.41) is 0. The van der Waals surface area contributed by atoms with E-state index in [4.69, 9.17) is 9.47 Å². The van der Waals surface area contributed by atoms with Crippen LogP contribution in [-0.2, 0) is 14.3 Å². The molecule has 0 unspecified atom stereocenters. The van der Waals surface area contributed by atoms with Crippen LogP contribution in [0.25, 0.3) is 11.1 Å². The molecule has 2 aromatic rings. The van der Waals surface area contributed by atoms with Crippen LogP contribution in [-0.4, -0.2) is 25.8 Å². The van der Waals surface area contributed by atoms with Gasteiger partial charge in [0, 0.05) is 6.08 Å². The Morgan fingerprint density at radius 2 is 1.57 bits per heavy atom. The van der Waals surface area contributed by atoms with E-state index < -0.39 is 5.97 Å². The molecule has 5 nitrogen and oxygen atoms in total. The van der Waals surface area contributed by atoms with E-state index in [0.717, 1.165) is 17.2 Å². The molecule has 0 aromatic heterocycles. The number of methoxy groups -OCH3 is 1. The second kappa shape index (κ2) is 7.79. The summed E-state index contributed by atoms with van der Waals surface area (Å²) in [4.78, 5) is 22.3. The molecule has 0 aliphatic heterocycles. The first-order chi connectivity index (χ1) is 11.1. The quantitative estimate of drug-likeness (QED) is 0.465. The normalized spacial score (nSPS) is 9.78. The van der Waals surface area contributed by atoms with Gasteiger partial charge in [0.15, 0.2) is 0 Å². The molecule has 0 fully saturated rings. The van der Waals surface area contributed by atoms with Crippen molar-refractivity contribution >= 4 is 11.9 Å². The molecule has 0 spiro atoms. The van der Waals surface area contributed by atoms with E-state index in [0.29, 0.717) is 11.3 Å². The van der Waals surface area contributed by atoms with Gasteiger partial charge in [-0.1, -0.05) is 30.8 Å². The fraction of sp³-hybridized carbons (Fsp3) is 0.111. The molecular formula is C18H16O5. The van der Waals surface area contributed by atoms with Crippen LogP contribution in [0.3, 0.4) is 0 Å². The van der Waals surface area contributed by atoms with Crippen LogP contribution in [0.1, 0.15) is 10.4 Å². The van der Waals surface area contributed by atoms with Crippen molar-refractivity contribution < 1.29 is 23.8 Å². The zero-order valence-electron chi connectivity index (χ0n) is 12.7. The fourth-order valence-electron chi connectivity index (χ4n) is 1.87. The highest BCUT2D eigenvalue weighted by atomic mass is 16.7. The van der Waals surface area contributed by atoms with Crippen molar-refractivity contribution in [1.29, 1.82) is 0 Å². The number of esters is 2. The molecule has 0 heterocycles. The molecule has 0 radical (unpaired) electrons. The molecule has 0 aliphatic rings. The predicted octanol–water partition coefficient (Wildman–Crippen LogP) is 3.21. The lowest BCUT2D eigenvalue weighted by atomic mass is 10.0. The first-order valence-corrected chi connectivity index (χ1v) is 6.85. The Bertz CT molecular complexity index is 686. The molecular weight excluding hydrogens is 296 g/mol. The van der Waals surface area contributed by atoms with Gasteiger partial charge in [-0.25, -0.2) is 9.59 Å². The number of ether oxygens (including phenoxy) is 3. The summed E-state index contributed by atoms with van der Waals surface area (Å²) in [6.07, 6.45) is 1.07. The average molecular weight is 312 g/mol. The van der Waals surface area contributed by atoms with Gasteiger partial charge in [-0.3, -0.25) is 0 Å². The SMILES string of the molecule is C=CC(=O)OCOc1ccc(-c2ccc(C(=O)OC)cc2)cc1. The minimum absolute atomic E-state index is 0.169. The van der Waals surface area contributed by atoms with Gasteiger partial charge < -0.3 is 14.2 Å². The maximum absolute atomic E-state index is 11.4. The molecule has 0 amide bonds. The Balaban J connectivity index is 2.00. The maximum Gasteiger partial charge on any atom is 0.337 e. The third-order valence-electron chi connectivity index (χ3n) is 3.09. The molecule has 0 saturated heterocycles. The van der Waals surface area contributed by atoms with Crippen molar-refractivity contribution in [3.8, 4) is 16.9 Å². The summed E-state index contributed by atoms with van der Waals surface area (Å²) < 4.78 is 14.7. The Morgan fingerprint density at radius 3 is 2.09 bits per heavy atom. The molecule has 2 aromatic carbocycles. The van der Waals surface area contributed by atoms with Crippen LogP contribution in [0.5, 0.6) is 5.75 Å². The molecule has 23 heavy (non-hydrogen) atoms. The highest BCUT2D eigenvalue weighted by Gasteiger charge is 2.05. The highest BCUT2D eigenvalue weighted by molar-refractivity contribution is 5.90. The second-order valence-corrected chi connectivity index (χ2v) is 4.52. The van der Waals surface area contributed by atoms with Crippen molar-refractivity contribution in [2.45, 2.75) is 0 Å². The van der Waals surface area contributed by atoms with E-state index in [1.807, 2.05) is 24.3 Å². The minimum atomic E-state index is -0.535. The van der Waals surface area contributed by atoms with E-state index in [1.54, 1.807) is 24.3 Å². The molecule has 0 atom stereocenters. The summed E-state index contributed by atoms with van der Waals surface area (Å²) in [6, 6.07) is 14.4. The summed E-state index contributed by atoms with van der Waals surface area (Å²) in [6.45, 7) is 3.13. The van der Waals surface area contributed by atoms with Gasteiger partial charge in [-0.15, -0.1) is 0 Å². The average Bonchev–Trinajstić information content (AvgIpc) is 2.61. The Labute approximate surface area is 134 Å². The van der Waals surface area contributed by atoms with Gasteiger partial charge in [0.05, 0.1) is 12.7 Å². The van der Waals surface area contributed by atoms with Gasteiger partial charge in [0.2, 0.25) is 6.79 Å². The molecule has 5 heteroatoms. The molecule has 0 saturated carbocycles. The van der Waals surface area contributed by atoms with Gasteiger partial charge in [0.25, 0.3) is 0 Å². The van der Waals surface area contributed by atoms with Crippen molar-refractivity contribution in [2.24, 2.45) is 0 Å². The first kappa shape index (κ1) is 16.3. The van der Waals surface area contributed by atoms with Gasteiger partial charge in [-0.2, -0.15) is 0 Å². The van der Waals surface area contributed by atoms with E-state index in [2.05, 4.69) is 11.3 Å². The Morgan fingerprint density at radius 1 is 1.00 bits per heavy atom. The molecule has 118 valence electrons. The summed E-state index contributed by atoms with van der Waals surface area (Å²) in [7, 11) is 1.35. The van der Waals surface area contributed by atoms with Gasteiger partial charge in [0.1, 0.15) is 5.75 Å². The minimum Gasteiger partial charge on any atom is -0.465 e. The summed E-state index contributed by atoms with van der Waals surface area (Å²) >= 11 is 0. The zero-order chi connectivity index (χ0) is 16.7. The van der Waals surface area contributed by atoms with E-state index in [1.165, 1.54) is 7.11 Å². The standard InChI is InChI=1S/C18H16O5/c1-3-17(19)23-12-22-16-10-8-14(9-11-16)13-4-6-15(7-5-13)18(20)21-2/h3-11H,1,12H2,2H3. The van der Waals surface area contributed by atoms with Crippen molar-refractivity contribution in [3.63, 3.8) is 0 Å². The van der Waals surface area contributed by atoms with Crippen LogP contribution in [0.15, 0.2) is 61.2 Å². The van der Waals surface area contributed by atoms with Crippen LogP contribution in [0.2, 0.25) is 0 Å². The van der Waals surface area contributed by atoms with Crippen LogP contribution < -0.4 is 4.74 Å². The van der Waals surface area contributed by atoms with Crippen molar-refractivity contribution in [2.75, 3.05) is 13.9 Å². The van der Waals surface area contributed by atoms with E-state index >= 15 is 0 Å². The molecule has 0 aliphatic carbocycles. The Kier molecular flexibility index (Phi) is 5.52. The topological polar surface area (TPSA) is 61.8 Å². The van der Waals surface area contributed by atoms with E-state index in [-0.39, 0.29) is 12.8 Å².